The zero-order chi connectivity index (χ0) is 26.5. The van der Waals surface area contributed by atoms with E-state index < -0.39 is 35.2 Å². The molecule has 1 saturated heterocycles. The highest BCUT2D eigenvalue weighted by atomic mass is 35.5. The smallest absolute Gasteiger partial charge is 0.407 e. The van der Waals surface area contributed by atoms with Crippen molar-refractivity contribution in [3.8, 4) is 0 Å². The van der Waals surface area contributed by atoms with E-state index in [-0.39, 0.29) is 6.54 Å². The van der Waals surface area contributed by atoms with Crippen molar-refractivity contribution in [2.75, 3.05) is 6.54 Å². The first kappa shape index (κ1) is 27.6. The third kappa shape index (κ3) is 7.29. The van der Waals surface area contributed by atoms with Crippen molar-refractivity contribution in [1.82, 2.24) is 15.5 Å². The van der Waals surface area contributed by atoms with Gasteiger partial charge in [-0.15, -0.1) is 0 Å². The van der Waals surface area contributed by atoms with Crippen LogP contribution in [0.15, 0.2) is 48.5 Å². The lowest BCUT2D eigenvalue weighted by molar-refractivity contribution is -0.144. The second kappa shape index (κ2) is 11.4. The minimum absolute atomic E-state index is 0.241. The molecular formula is C27H34ClN3O5. The predicted molar refractivity (Wildman–Crippen MR) is 137 cm³/mol. The molecule has 2 aromatic rings. The fraction of sp³-hybridized carbons (Fsp3) is 0.444. The van der Waals surface area contributed by atoms with Crippen LogP contribution in [0.3, 0.4) is 0 Å². The van der Waals surface area contributed by atoms with Crippen molar-refractivity contribution >= 4 is 29.5 Å². The monoisotopic (exact) mass is 515 g/mol. The van der Waals surface area contributed by atoms with Gasteiger partial charge in [0.15, 0.2) is 5.60 Å². The minimum atomic E-state index is -1.84. The van der Waals surface area contributed by atoms with E-state index in [1.165, 1.54) is 6.92 Å². The van der Waals surface area contributed by atoms with Crippen LogP contribution in [-0.2, 0) is 33.0 Å². The van der Waals surface area contributed by atoms with E-state index in [9.17, 15) is 19.5 Å². The number of ether oxygens (including phenoxy) is 1. The van der Waals surface area contributed by atoms with Gasteiger partial charge in [0.1, 0.15) is 5.60 Å². The molecule has 3 rings (SSSR count). The first-order valence-electron chi connectivity index (χ1n) is 12.0. The molecule has 8 nitrogen and oxygen atoms in total. The van der Waals surface area contributed by atoms with Crippen LogP contribution >= 0.6 is 11.6 Å². The van der Waals surface area contributed by atoms with E-state index in [1.54, 1.807) is 57.2 Å². The van der Waals surface area contributed by atoms with Gasteiger partial charge in [-0.05, 0) is 75.9 Å². The molecule has 0 bridgehead atoms. The fourth-order valence-corrected chi connectivity index (χ4v) is 4.33. The largest absolute Gasteiger partial charge is 0.444 e. The number of benzene rings is 2. The van der Waals surface area contributed by atoms with Crippen LogP contribution in [-0.4, -0.2) is 46.1 Å². The van der Waals surface area contributed by atoms with Gasteiger partial charge in [0.25, 0.3) is 5.91 Å². The summed E-state index contributed by atoms with van der Waals surface area (Å²) in [6.45, 7) is 8.06. The van der Waals surface area contributed by atoms with E-state index in [0.29, 0.717) is 30.1 Å². The van der Waals surface area contributed by atoms with Gasteiger partial charge < -0.3 is 15.2 Å². The lowest BCUT2D eigenvalue weighted by Crippen LogP contribution is -2.51. The third-order valence-corrected chi connectivity index (χ3v) is 6.28. The molecule has 0 radical (unpaired) electrons. The van der Waals surface area contributed by atoms with Crippen molar-refractivity contribution in [1.29, 1.82) is 0 Å². The quantitative estimate of drug-likeness (QED) is 0.516. The van der Waals surface area contributed by atoms with Crippen molar-refractivity contribution in [2.24, 2.45) is 0 Å². The molecule has 2 aromatic carbocycles. The van der Waals surface area contributed by atoms with Crippen molar-refractivity contribution in [3.63, 3.8) is 0 Å². The molecule has 0 aromatic heterocycles. The average Bonchev–Trinajstić information content (AvgIpc) is 3.26. The predicted octanol–water partition coefficient (Wildman–Crippen LogP) is 3.88. The average molecular weight is 516 g/mol. The number of carbonyl (C=O) groups is 3. The molecule has 3 amide bonds. The molecule has 2 atom stereocenters. The minimum Gasteiger partial charge on any atom is -0.444 e. The van der Waals surface area contributed by atoms with Crippen LogP contribution in [0.1, 0.15) is 57.2 Å². The first-order valence-corrected chi connectivity index (χ1v) is 12.4. The van der Waals surface area contributed by atoms with Gasteiger partial charge in [-0.25, -0.2) is 4.79 Å². The van der Waals surface area contributed by atoms with Crippen molar-refractivity contribution in [3.05, 3.63) is 70.2 Å². The number of alkyl carbamates (subject to hydrolysis) is 1. The zero-order valence-electron chi connectivity index (χ0n) is 21.1. The summed E-state index contributed by atoms with van der Waals surface area (Å²) in [5.41, 5.74) is -0.334. The first-order chi connectivity index (χ1) is 16.9. The van der Waals surface area contributed by atoms with Crippen LogP contribution in [0.25, 0.3) is 0 Å². The highest BCUT2D eigenvalue weighted by molar-refractivity contribution is 6.30. The Labute approximate surface area is 217 Å². The van der Waals surface area contributed by atoms with Crippen LogP contribution in [0.2, 0.25) is 5.02 Å². The Hall–Kier alpha value is -2.94. The molecule has 1 aliphatic rings. The number of rotatable bonds is 7. The SMILES string of the molecule is CC(C)(C)OC(=O)NCc1ccc(Cl)cc1CN1CCC[C@H]1C(=O)NC(=O)[C@@](C)(O)c1ccccc1. The normalized spacial score (nSPS) is 17.8. The number of hydrogen-bond donors (Lipinski definition) is 3. The van der Waals surface area contributed by atoms with Gasteiger partial charge >= 0.3 is 6.09 Å². The summed E-state index contributed by atoms with van der Waals surface area (Å²) in [7, 11) is 0. The van der Waals surface area contributed by atoms with E-state index in [0.717, 1.165) is 17.5 Å². The molecule has 36 heavy (non-hydrogen) atoms. The molecule has 194 valence electrons. The molecule has 0 saturated carbocycles. The Morgan fingerprint density at radius 3 is 2.44 bits per heavy atom. The summed E-state index contributed by atoms with van der Waals surface area (Å²) in [6.07, 6.45) is 0.845. The maximum atomic E-state index is 13.0. The van der Waals surface area contributed by atoms with Crippen molar-refractivity contribution in [2.45, 2.75) is 70.9 Å². The summed E-state index contributed by atoms with van der Waals surface area (Å²) in [5, 5.41) is 16.4. The molecule has 0 unspecified atom stereocenters. The summed E-state index contributed by atoms with van der Waals surface area (Å²) in [4.78, 5) is 39.9. The molecule has 9 heteroatoms. The lowest BCUT2D eigenvalue weighted by atomic mass is 9.95. The highest BCUT2D eigenvalue weighted by Gasteiger charge is 2.37. The van der Waals surface area contributed by atoms with E-state index >= 15 is 0 Å². The lowest BCUT2D eigenvalue weighted by Gasteiger charge is -2.27. The second-order valence-electron chi connectivity index (χ2n) is 10.2. The molecule has 3 N–H and O–H groups in total. The van der Waals surface area contributed by atoms with Crippen molar-refractivity contribution < 1.29 is 24.2 Å². The third-order valence-electron chi connectivity index (χ3n) is 6.04. The van der Waals surface area contributed by atoms with Crippen LogP contribution in [0.5, 0.6) is 0 Å². The second-order valence-corrected chi connectivity index (χ2v) is 10.6. The topological polar surface area (TPSA) is 108 Å². The zero-order valence-corrected chi connectivity index (χ0v) is 21.9. The Kier molecular flexibility index (Phi) is 8.76. The Morgan fingerprint density at radius 1 is 1.08 bits per heavy atom. The van der Waals surface area contributed by atoms with Gasteiger partial charge in [-0.3, -0.25) is 19.8 Å². The molecule has 1 fully saturated rings. The summed E-state index contributed by atoms with van der Waals surface area (Å²) in [5.74, 6) is -1.22. The van der Waals surface area contributed by atoms with Gasteiger partial charge in [-0.1, -0.05) is 48.0 Å². The number of hydrogen-bond acceptors (Lipinski definition) is 6. The highest BCUT2D eigenvalue weighted by Crippen LogP contribution is 2.25. The molecule has 0 aliphatic carbocycles. The number of nitrogens with zero attached hydrogens (tertiary/aromatic N) is 1. The number of amides is 3. The van der Waals surface area contributed by atoms with Crippen LogP contribution in [0.4, 0.5) is 4.79 Å². The van der Waals surface area contributed by atoms with Crippen LogP contribution < -0.4 is 10.6 Å². The standard InChI is InChI=1S/C27H34ClN3O5/c1-26(2,3)36-25(34)29-16-18-12-13-21(28)15-19(18)17-31-14-8-11-22(31)23(32)30-24(33)27(4,35)20-9-6-5-7-10-20/h5-7,9-10,12-13,15,22,35H,8,11,14,16-17H2,1-4H3,(H,29,34)(H,30,32,33)/t22-,27-/m0/s1. The van der Waals surface area contributed by atoms with Gasteiger partial charge in [0.05, 0.1) is 6.04 Å². The fourth-order valence-electron chi connectivity index (χ4n) is 4.14. The number of likely N-dealkylation sites (tertiary alicyclic amines) is 1. The van der Waals surface area contributed by atoms with E-state index in [4.69, 9.17) is 16.3 Å². The number of imide groups is 1. The maximum Gasteiger partial charge on any atom is 0.407 e. The Morgan fingerprint density at radius 2 is 1.78 bits per heavy atom. The Bertz CT molecular complexity index is 1100. The molecule has 0 spiro atoms. The number of carbonyl (C=O) groups excluding carboxylic acids is 3. The summed E-state index contributed by atoms with van der Waals surface area (Å²) in [6, 6.07) is 13.4. The number of halogens is 1. The Balaban J connectivity index is 1.68. The van der Waals surface area contributed by atoms with E-state index in [1.807, 2.05) is 17.0 Å². The van der Waals surface area contributed by atoms with Gasteiger partial charge in [-0.2, -0.15) is 0 Å². The number of aliphatic hydroxyl groups is 1. The molecular weight excluding hydrogens is 482 g/mol. The van der Waals surface area contributed by atoms with E-state index in [2.05, 4.69) is 10.6 Å². The molecule has 1 aliphatic heterocycles. The number of nitrogens with one attached hydrogen (secondary N) is 2. The van der Waals surface area contributed by atoms with Gasteiger partial charge in [0, 0.05) is 18.1 Å². The summed E-state index contributed by atoms with van der Waals surface area (Å²) >= 11 is 6.25. The van der Waals surface area contributed by atoms with Crippen LogP contribution in [0, 0.1) is 0 Å². The molecule has 1 heterocycles. The summed E-state index contributed by atoms with van der Waals surface area (Å²) < 4.78 is 5.31. The maximum absolute atomic E-state index is 13.0. The van der Waals surface area contributed by atoms with Gasteiger partial charge in [0.2, 0.25) is 5.91 Å².